The lowest BCUT2D eigenvalue weighted by atomic mass is 10.1. The molecule has 18 heavy (non-hydrogen) atoms. The second kappa shape index (κ2) is 6.15. The molecule has 0 amide bonds. The average molecular weight is 243 g/mol. The standard InChI is InChI=1S/C12H13N5O/c1-2-11(18)8-5-3-4-6-9(8)16-17-10(7-13)12(14)15/h3-6,16H,2H2,1H3,(H3,14,15)/b17-10+. The number of nitrogens with two attached hydrogens (primary N) is 1. The summed E-state index contributed by atoms with van der Waals surface area (Å²) in [7, 11) is 0. The van der Waals surface area contributed by atoms with Crippen molar-refractivity contribution in [1.29, 1.82) is 10.7 Å². The Hall–Kier alpha value is -2.68. The van der Waals surface area contributed by atoms with E-state index in [1.807, 2.05) is 0 Å². The van der Waals surface area contributed by atoms with E-state index in [0.717, 1.165) is 0 Å². The molecular formula is C12H13N5O. The monoisotopic (exact) mass is 243 g/mol. The van der Waals surface area contributed by atoms with Gasteiger partial charge in [-0.2, -0.15) is 10.4 Å². The van der Waals surface area contributed by atoms with E-state index >= 15 is 0 Å². The number of nitrogens with zero attached hydrogens (tertiary/aromatic N) is 2. The zero-order chi connectivity index (χ0) is 13.5. The number of amidine groups is 1. The van der Waals surface area contributed by atoms with E-state index in [2.05, 4.69) is 10.5 Å². The lowest BCUT2D eigenvalue weighted by Crippen LogP contribution is -2.22. The normalized spacial score (nSPS) is 10.6. The maximum Gasteiger partial charge on any atom is 0.201 e. The smallest absolute Gasteiger partial charge is 0.201 e. The fourth-order valence-electron chi connectivity index (χ4n) is 1.28. The van der Waals surface area contributed by atoms with Crippen molar-refractivity contribution in [2.24, 2.45) is 10.8 Å². The Bertz CT molecular complexity index is 542. The predicted octanol–water partition coefficient (Wildman–Crippen LogP) is 1.51. The fourth-order valence-corrected chi connectivity index (χ4v) is 1.28. The van der Waals surface area contributed by atoms with Gasteiger partial charge in [-0.25, -0.2) is 0 Å². The van der Waals surface area contributed by atoms with E-state index < -0.39 is 5.84 Å². The number of anilines is 1. The number of hydrazone groups is 1. The number of nitrogens with one attached hydrogen (secondary N) is 2. The van der Waals surface area contributed by atoms with E-state index in [1.54, 1.807) is 37.3 Å². The molecule has 0 heterocycles. The van der Waals surface area contributed by atoms with Gasteiger partial charge in [0.25, 0.3) is 0 Å². The molecule has 0 saturated heterocycles. The van der Waals surface area contributed by atoms with Gasteiger partial charge in [0.15, 0.2) is 11.6 Å². The second-order valence-electron chi connectivity index (χ2n) is 3.42. The Balaban J connectivity index is 3.02. The van der Waals surface area contributed by atoms with Crippen LogP contribution in [0.2, 0.25) is 0 Å². The van der Waals surface area contributed by atoms with Crippen LogP contribution < -0.4 is 11.2 Å². The van der Waals surface area contributed by atoms with Crippen LogP contribution >= 0.6 is 0 Å². The van der Waals surface area contributed by atoms with Gasteiger partial charge in [0.1, 0.15) is 6.07 Å². The van der Waals surface area contributed by atoms with E-state index in [-0.39, 0.29) is 11.5 Å². The van der Waals surface area contributed by atoms with Gasteiger partial charge in [0.05, 0.1) is 5.69 Å². The van der Waals surface area contributed by atoms with Gasteiger partial charge in [-0.15, -0.1) is 0 Å². The Kier molecular flexibility index (Phi) is 4.58. The SMILES string of the molecule is CCC(=O)c1ccccc1N/N=C(\C#N)C(=N)N. The number of carbonyl (C=O) groups is 1. The molecule has 1 rings (SSSR count). The number of para-hydroxylation sites is 1. The van der Waals surface area contributed by atoms with Gasteiger partial charge in [-0.1, -0.05) is 19.1 Å². The molecule has 0 aliphatic heterocycles. The molecular weight excluding hydrogens is 230 g/mol. The van der Waals surface area contributed by atoms with E-state index in [4.69, 9.17) is 16.4 Å². The van der Waals surface area contributed by atoms with Gasteiger partial charge < -0.3 is 5.73 Å². The molecule has 4 N–H and O–H groups in total. The Labute approximate surface area is 105 Å². The third kappa shape index (κ3) is 3.15. The molecule has 0 fully saturated rings. The highest BCUT2D eigenvalue weighted by atomic mass is 16.1. The van der Waals surface area contributed by atoms with Gasteiger partial charge in [-0.3, -0.25) is 15.6 Å². The van der Waals surface area contributed by atoms with E-state index in [0.29, 0.717) is 17.7 Å². The number of carbonyl (C=O) groups excluding carboxylic acids is 1. The van der Waals surface area contributed by atoms with Crippen LogP contribution in [0.1, 0.15) is 23.7 Å². The number of nitriles is 1. The highest BCUT2D eigenvalue weighted by molar-refractivity contribution is 6.45. The Morgan fingerprint density at radius 3 is 2.78 bits per heavy atom. The van der Waals surface area contributed by atoms with Crippen molar-refractivity contribution in [3.63, 3.8) is 0 Å². The third-order valence-corrected chi connectivity index (χ3v) is 2.20. The average Bonchev–Trinajstić information content (AvgIpc) is 2.38. The van der Waals surface area contributed by atoms with Crippen molar-refractivity contribution in [3.8, 4) is 6.07 Å². The summed E-state index contributed by atoms with van der Waals surface area (Å²) >= 11 is 0. The van der Waals surface area contributed by atoms with Crippen LogP contribution in [-0.2, 0) is 0 Å². The van der Waals surface area contributed by atoms with Crippen LogP contribution in [0.5, 0.6) is 0 Å². The van der Waals surface area contributed by atoms with Crippen LogP contribution in [0.3, 0.4) is 0 Å². The number of ketones is 1. The largest absolute Gasteiger partial charge is 0.382 e. The van der Waals surface area contributed by atoms with Gasteiger partial charge in [-0.05, 0) is 12.1 Å². The number of hydrogen-bond donors (Lipinski definition) is 3. The summed E-state index contributed by atoms with van der Waals surface area (Å²) in [5, 5.41) is 19.5. The van der Waals surface area contributed by atoms with Crippen molar-refractivity contribution in [2.75, 3.05) is 5.43 Å². The van der Waals surface area contributed by atoms with Crippen LogP contribution in [0.25, 0.3) is 0 Å². The lowest BCUT2D eigenvalue weighted by molar-refractivity contribution is 0.0989. The van der Waals surface area contributed by atoms with E-state index in [9.17, 15) is 4.79 Å². The molecule has 1 aromatic carbocycles. The van der Waals surface area contributed by atoms with Crippen molar-refractivity contribution < 1.29 is 4.79 Å². The first kappa shape index (κ1) is 13.4. The first-order chi connectivity index (χ1) is 8.60. The van der Waals surface area contributed by atoms with Crippen LogP contribution in [0.15, 0.2) is 29.4 Å². The topological polar surface area (TPSA) is 115 Å². The molecule has 6 heteroatoms. The zero-order valence-electron chi connectivity index (χ0n) is 9.90. The summed E-state index contributed by atoms with van der Waals surface area (Å²) in [6.45, 7) is 1.76. The first-order valence-electron chi connectivity index (χ1n) is 5.30. The molecule has 0 atom stereocenters. The third-order valence-electron chi connectivity index (χ3n) is 2.20. The van der Waals surface area contributed by atoms with Crippen molar-refractivity contribution >= 4 is 23.0 Å². The van der Waals surface area contributed by atoms with Crippen molar-refractivity contribution in [2.45, 2.75) is 13.3 Å². The quantitative estimate of drug-likeness (QED) is 0.314. The minimum atomic E-state index is -0.427. The second-order valence-corrected chi connectivity index (χ2v) is 3.42. The number of rotatable bonds is 5. The molecule has 1 aromatic rings. The zero-order valence-corrected chi connectivity index (χ0v) is 9.90. The molecule has 0 saturated carbocycles. The number of benzene rings is 1. The molecule has 0 bridgehead atoms. The minimum absolute atomic E-state index is 0.0327. The van der Waals surface area contributed by atoms with E-state index in [1.165, 1.54) is 0 Å². The molecule has 0 aliphatic carbocycles. The summed E-state index contributed by atoms with van der Waals surface area (Å²) in [5.74, 6) is -0.459. The molecule has 92 valence electrons. The molecule has 6 nitrogen and oxygen atoms in total. The van der Waals surface area contributed by atoms with Crippen LogP contribution in [-0.4, -0.2) is 17.3 Å². The predicted molar refractivity (Wildman–Crippen MR) is 69.6 cm³/mol. The summed E-state index contributed by atoms with van der Waals surface area (Å²) in [4.78, 5) is 11.7. The fraction of sp³-hybridized carbons (Fsp3) is 0.167. The molecule has 0 aliphatic rings. The Morgan fingerprint density at radius 1 is 1.56 bits per heavy atom. The lowest BCUT2D eigenvalue weighted by Gasteiger charge is -2.06. The Morgan fingerprint density at radius 2 is 2.22 bits per heavy atom. The number of Topliss-reactive ketones (excluding diaryl/α,β-unsaturated/α-hetero) is 1. The molecule has 0 spiro atoms. The molecule has 0 radical (unpaired) electrons. The van der Waals surface area contributed by atoms with Gasteiger partial charge in [0, 0.05) is 12.0 Å². The van der Waals surface area contributed by atoms with Gasteiger partial charge >= 0.3 is 0 Å². The number of hydrogen-bond acceptors (Lipinski definition) is 5. The maximum absolute atomic E-state index is 11.7. The maximum atomic E-state index is 11.7. The minimum Gasteiger partial charge on any atom is -0.382 e. The molecule has 0 unspecified atom stereocenters. The summed E-state index contributed by atoms with van der Waals surface area (Å²) in [6.07, 6.45) is 0.375. The summed E-state index contributed by atoms with van der Waals surface area (Å²) in [6, 6.07) is 8.51. The van der Waals surface area contributed by atoms with Crippen molar-refractivity contribution in [3.05, 3.63) is 29.8 Å². The highest BCUT2D eigenvalue weighted by Crippen LogP contribution is 2.16. The highest BCUT2D eigenvalue weighted by Gasteiger charge is 2.09. The molecule has 0 aromatic heterocycles. The van der Waals surface area contributed by atoms with Gasteiger partial charge in [0.2, 0.25) is 5.71 Å². The van der Waals surface area contributed by atoms with Crippen LogP contribution in [0.4, 0.5) is 5.69 Å². The van der Waals surface area contributed by atoms with Crippen LogP contribution in [0, 0.1) is 16.7 Å². The first-order valence-corrected chi connectivity index (χ1v) is 5.30. The summed E-state index contributed by atoms with van der Waals surface area (Å²) < 4.78 is 0. The van der Waals surface area contributed by atoms with Crippen molar-refractivity contribution in [1.82, 2.24) is 0 Å². The summed E-state index contributed by atoms with van der Waals surface area (Å²) in [5.41, 5.74) is 8.49.